The van der Waals surface area contributed by atoms with E-state index in [1.54, 1.807) is 37.3 Å². The van der Waals surface area contributed by atoms with Gasteiger partial charge in [-0.15, -0.1) is 12.4 Å². The van der Waals surface area contributed by atoms with Crippen molar-refractivity contribution >= 4 is 35.6 Å². The molecular formula is C15H22ClN3O3. The molecule has 1 aromatic carbocycles. The summed E-state index contributed by atoms with van der Waals surface area (Å²) in [5.74, 6) is 0.605. The van der Waals surface area contributed by atoms with Crippen LogP contribution in [0.5, 0.6) is 5.75 Å². The highest BCUT2D eigenvalue weighted by atomic mass is 35.5. The first-order chi connectivity index (χ1) is 10.2. The van der Waals surface area contributed by atoms with Crippen LogP contribution >= 0.6 is 12.4 Å². The Morgan fingerprint density at radius 2 is 2.14 bits per heavy atom. The van der Waals surface area contributed by atoms with Gasteiger partial charge in [0.25, 0.3) is 0 Å². The highest BCUT2D eigenvalue weighted by Gasteiger charge is 2.23. The molecular weight excluding hydrogens is 306 g/mol. The van der Waals surface area contributed by atoms with Crippen molar-refractivity contribution in [1.82, 2.24) is 5.32 Å². The van der Waals surface area contributed by atoms with Gasteiger partial charge in [-0.2, -0.15) is 0 Å². The third kappa shape index (κ3) is 4.35. The number of methoxy groups -OCH3 is 1. The molecule has 7 heteroatoms. The van der Waals surface area contributed by atoms with Crippen LogP contribution in [0.3, 0.4) is 0 Å². The van der Waals surface area contributed by atoms with Crippen LogP contribution in [0.25, 0.3) is 0 Å². The molecule has 1 saturated heterocycles. The van der Waals surface area contributed by atoms with Gasteiger partial charge in [-0.25, -0.2) is 0 Å². The molecule has 1 heterocycles. The number of hydrogen-bond acceptors (Lipinski definition) is 4. The Labute approximate surface area is 136 Å². The summed E-state index contributed by atoms with van der Waals surface area (Å²) in [6.07, 6.45) is 2.46. The molecule has 0 unspecified atom stereocenters. The van der Waals surface area contributed by atoms with Crippen LogP contribution in [0, 0.1) is 0 Å². The second-order valence-electron chi connectivity index (χ2n) is 4.97. The van der Waals surface area contributed by atoms with E-state index in [1.165, 1.54) is 0 Å². The van der Waals surface area contributed by atoms with Gasteiger partial charge in [0.15, 0.2) is 0 Å². The molecule has 0 saturated carbocycles. The van der Waals surface area contributed by atoms with Gasteiger partial charge < -0.3 is 20.3 Å². The normalized spacial score (nSPS) is 14.3. The lowest BCUT2D eigenvalue weighted by Crippen LogP contribution is -2.35. The van der Waals surface area contributed by atoms with Gasteiger partial charge in [0.05, 0.1) is 19.3 Å². The summed E-state index contributed by atoms with van der Waals surface area (Å²) < 4.78 is 5.34. The first-order valence-electron chi connectivity index (χ1n) is 7.08. The molecule has 6 nitrogen and oxygen atoms in total. The highest BCUT2D eigenvalue weighted by Crippen LogP contribution is 2.33. The lowest BCUT2D eigenvalue weighted by atomic mass is 10.1. The number of piperidine rings is 1. The minimum atomic E-state index is -0.126. The summed E-state index contributed by atoms with van der Waals surface area (Å²) in [6.45, 7) is 0.924. The number of carbonyl (C=O) groups is 2. The summed E-state index contributed by atoms with van der Waals surface area (Å²) in [5, 5.41) is 5.59. The summed E-state index contributed by atoms with van der Waals surface area (Å²) >= 11 is 0. The molecule has 1 aromatic rings. The van der Waals surface area contributed by atoms with Gasteiger partial charge in [-0.05, 0) is 38.1 Å². The van der Waals surface area contributed by atoms with E-state index >= 15 is 0 Å². The van der Waals surface area contributed by atoms with Crippen LogP contribution in [-0.4, -0.2) is 39.1 Å². The second kappa shape index (κ2) is 8.60. The zero-order valence-electron chi connectivity index (χ0n) is 12.8. The minimum Gasteiger partial charge on any atom is -0.495 e. The third-order valence-corrected chi connectivity index (χ3v) is 3.41. The molecule has 22 heavy (non-hydrogen) atoms. The Hall–Kier alpha value is -1.79. The molecule has 1 fully saturated rings. The van der Waals surface area contributed by atoms with Crippen molar-refractivity contribution < 1.29 is 14.3 Å². The Kier molecular flexibility index (Phi) is 7.14. The quantitative estimate of drug-likeness (QED) is 0.865. The fourth-order valence-corrected chi connectivity index (χ4v) is 2.41. The first kappa shape index (κ1) is 18.3. The van der Waals surface area contributed by atoms with Crippen molar-refractivity contribution in [1.29, 1.82) is 0 Å². The predicted octanol–water partition coefficient (Wildman–Crippen LogP) is 1.79. The predicted molar refractivity (Wildman–Crippen MR) is 89.0 cm³/mol. The molecule has 0 atom stereocenters. The largest absolute Gasteiger partial charge is 0.495 e. The average Bonchev–Trinajstić information content (AvgIpc) is 2.48. The van der Waals surface area contributed by atoms with E-state index in [0.29, 0.717) is 30.1 Å². The molecule has 122 valence electrons. The lowest BCUT2D eigenvalue weighted by Gasteiger charge is -2.28. The van der Waals surface area contributed by atoms with E-state index < -0.39 is 0 Å². The van der Waals surface area contributed by atoms with E-state index in [2.05, 4.69) is 10.6 Å². The molecule has 2 N–H and O–H groups in total. The van der Waals surface area contributed by atoms with Crippen LogP contribution in [0.2, 0.25) is 0 Å². The molecule has 1 aliphatic heterocycles. The maximum atomic E-state index is 12.1. The lowest BCUT2D eigenvalue weighted by molar-refractivity contribution is -0.119. The smallest absolute Gasteiger partial charge is 0.238 e. The summed E-state index contributed by atoms with van der Waals surface area (Å²) in [7, 11) is 3.29. The molecule has 0 aliphatic carbocycles. The number of amides is 2. The Morgan fingerprint density at radius 1 is 1.36 bits per heavy atom. The van der Waals surface area contributed by atoms with E-state index in [1.807, 2.05) is 0 Å². The van der Waals surface area contributed by atoms with Crippen LogP contribution < -0.4 is 20.3 Å². The van der Waals surface area contributed by atoms with Crippen molar-refractivity contribution in [3.05, 3.63) is 18.2 Å². The Morgan fingerprint density at radius 3 is 2.77 bits per heavy atom. The van der Waals surface area contributed by atoms with E-state index in [9.17, 15) is 9.59 Å². The molecule has 0 bridgehead atoms. The van der Waals surface area contributed by atoms with Crippen molar-refractivity contribution in [2.24, 2.45) is 0 Å². The van der Waals surface area contributed by atoms with Crippen molar-refractivity contribution in [2.75, 3.05) is 37.5 Å². The molecule has 2 rings (SSSR count). The number of ether oxygens (including phenoxy) is 1. The number of halogens is 1. The number of nitrogens with one attached hydrogen (secondary N) is 2. The standard InChI is InChI=1S/C15H21N3O3.ClH/c1-16-10-14(19)17-11-6-7-13(21-2)12(9-11)18-8-4-3-5-15(18)20;/h6-7,9,16H,3-5,8,10H2,1-2H3,(H,17,19);1H. The minimum absolute atomic E-state index is 0. The fourth-order valence-electron chi connectivity index (χ4n) is 2.41. The SMILES string of the molecule is CNCC(=O)Nc1ccc(OC)c(N2CCCCC2=O)c1.Cl. The molecule has 2 amide bonds. The number of hydrogen-bond donors (Lipinski definition) is 2. The van der Waals surface area contributed by atoms with E-state index in [-0.39, 0.29) is 30.8 Å². The molecule has 0 radical (unpaired) electrons. The van der Waals surface area contributed by atoms with Gasteiger partial charge in [0.1, 0.15) is 5.75 Å². The fraction of sp³-hybridized carbons (Fsp3) is 0.467. The van der Waals surface area contributed by atoms with Gasteiger partial charge in [-0.1, -0.05) is 0 Å². The number of anilines is 2. The van der Waals surface area contributed by atoms with Crippen LogP contribution in [0.1, 0.15) is 19.3 Å². The van der Waals surface area contributed by atoms with E-state index in [0.717, 1.165) is 12.8 Å². The maximum Gasteiger partial charge on any atom is 0.238 e. The number of likely N-dealkylation sites (N-methyl/N-ethyl adjacent to an activating group) is 1. The van der Waals surface area contributed by atoms with Crippen LogP contribution in [-0.2, 0) is 9.59 Å². The van der Waals surface area contributed by atoms with Gasteiger partial charge >= 0.3 is 0 Å². The second-order valence-corrected chi connectivity index (χ2v) is 4.97. The summed E-state index contributed by atoms with van der Waals surface area (Å²) in [4.78, 5) is 25.4. The first-order valence-corrected chi connectivity index (χ1v) is 7.08. The van der Waals surface area contributed by atoms with Gasteiger partial charge in [0.2, 0.25) is 11.8 Å². The molecule has 1 aliphatic rings. The molecule has 0 spiro atoms. The number of rotatable bonds is 5. The van der Waals surface area contributed by atoms with E-state index in [4.69, 9.17) is 4.74 Å². The van der Waals surface area contributed by atoms with Crippen molar-refractivity contribution in [3.63, 3.8) is 0 Å². The third-order valence-electron chi connectivity index (χ3n) is 3.41. The zero-order valence-corrected chi connectivity index (χ0v) is 13.7. The van der Waals surface area contributed by atoms with Gasteiger partial charge in [0, 0.05) is 18.7 Å². The van der Waals surface area contributed by atoms with Crippen molar-refractivity contribution in [3.8, 4) is 5.75 Å². The topological polar surface area (TPSA) is 70.7 Å². The van der Waals surface area contributed by atoms with Crippen LogP contribution in [0.15, 0.2) is 18.2 Å². The van der Waals surface area contributed by atoms with Crippen molar-refractivity contribution in [2.45, 2.75) is 19.3 Å². The summed E-state index contributed by atoms with van der Waals surface area (Å²) in [6, 6.07) is 5.33. The number of nitrogens with zero attached hydrogens (tertiary/aromatic N) is 1. The monoisotopic (exact) mass is 327 g/mol. The van der Waals surface area contributed by atoms with Crippen LogP contribution in [0.4, 0.5) is 11.4 Å². The Balaban J connectivity index is 0.00000242. The summed E-state index contributed by atoms with van der Waals surface area (Å²) in [5.41, 5.74) is 1.37. The zero-order chi connectivity index (χ0) is 15.2. The highest BCUT2D eigenvalue weighted by molar-refractivity contribution is 5.98. The number of benzene rings is 1. The number of carbonyl (C=O) groups excluding carboxylic acids is 2. The Bertz CT molecular complexity index is 537. The molecule has 0 aromatic heterocycles. The average molecular weight is 328 g/mol. The maximum absolute atomic E-state index is 12.1. The van der Waals surface area contributed by atoms with Gasteiger partial charge in [-0.3, -0.25) is 9.59 Å².